The fraction of sp³-hybridized carbons (Fsp3) is 0.643. The first-order valence-corrected chi connectivity index (χ1v) is 9.49. The molecule has 118 valence electrons. The summed E-state index contributed by atoms with van der Waals surface area (Å²) < 4.78 is 22.8. The van der Waals surface area contributed by atoms with Gasteiger partial charge in [-0.25, -0.2) is 13.6 Å². The van der Waals surface area contributed by atoms with Crippen LogP contribution in [0, 0.1) is 12.3 Å². The van der Waals surface area contributed by atoms with Gasteiger partial charge < -0.3 is 5.32 Å². The monoisotopic (exact) mass is 330 g/mol. The molecule has 1 heterocycles. The molecule has 2 rings (SSSR count). The summed E-state index contributed by atoms with van der Waals surface area (Å²) in [6, 6.07) is 1.37. The highest BCUT2D eigenvalue weighted by Crippen LogP contribution is 2.35. The zero-order valence-electron chi connectivity index (χ0n) is 12.4. The van der Waals surface area contributed by atoms with Gasteiger partial charge in [-0.05, 0) is 31.2 Å². The SMILES string of the molecule is Cc1sc(C(=O)NCC2(C)CCCCC2)cc1S(N)(=O)=O. The van der Waals surface area contributed by atoms with Gasteiger partial charge in [-0.15, -0.1) is 11.3 Å². The van der Waals surface area contributed by atoms with Crippen LogP contribution >= 0.6 is 11.3 Å². The summed E-state index contributed by atoms with van der Waals surface area (Å²) in [5.41, 5.74) is 0.156. The lowest BCUT2D eigenvalue weighted by Gasteiger charge is -2.33. The number of nitrogens with one attached hydrogen (secondary N) is 1. The Balaban J connectivity index is 2.04. The number of nitrogens with two attached hydrogens (primary N) is 1. The molecule has 1 saturated carbocycles. The van der Waals surface area contributed by atoms with Crippen LogP contribution in [0.15, 0.2) is 11.0 Å². The minimum absolute atomic E-state index is 0.0431. The summed E-state index contributed by atoms with van der Waals surface area (Å²) in [7, 11) is -3.76. The van der Waals surface area contributed by atoms with Crippen molar-refractivity contribution in [3.8, 4) is 0 Å². The van der Waals surface area contributed by atoms with Crippen LogP contribution in [0.1, 0.15) is 53.6 Å². The van der Waals surface area contributed by atoms with Crippen molar-refractivity contribution in [1.29, 1.82) is 0 Å². The second-order valence-corrected chi connectivity index (χ2v) is 8.92. The molecule has 1 fully saturated rings. The molecule has 5 nitrogen and oxygen atoms in total. The lowest BCUT2D eigenvalue weighted by molar-refractivity contribution is 0.0923. The molecular weight excluding hydrogens is 308 g/mol. The maximum absolute atomic E-state index is 12.2. The molecule has 0 bridgehead atoms. The summed E-state index contributed by atoms with van der Waals surface area (Å²) >= 11 is 1.16. The smallest absolute Gasteiger partial charge is 0.261 e. The molecule has 1 aliphatic carbocycles. The predicted molar refractivity (Wildman–Crippen MR) is 84.0 cm³/mol. The van der Waals surface area contributed by atoms with E-state index < -0.39 is 10.0 Å². The van der Waals surface area contributed by atoms with Crippen LogP contribution in [0.3, 0.4) is 0 Å². The summed E-state index contributed by atoms with van der Waals surface area (Å²) in [6.45, 7) is 4.49. The summed E-state index contributed by atoms with van der Waals surface area (Å²) in [4.78, 5) is 13.2. The topological polar surface area (TPSA) is 89.3 Å². The number of primary sulfonamides is 1. The normalized spacial score (nSPS) is 18.4. The third-order valence-corrected chi connectivity index (χ3v) is 6.35. The van der Waals surface area contributed by atoms with Gasteiger partial charge in [-0.1, -0.05) is 26.2 Å². The van der Waals surface area contributed by atoms with Gasteiger partial charge in [0.1, 0.15) is 0 Å². The molecule has 0 unspecified atom stereocenters. The van der Waals surface area contributed by atoms with Crippen molar-refractivity contribution in [2.75, 3.05) is 6.54 Å². The van der Waals surface area contributed by atoms with Gasteiger partial charge in [0.2, 0.25) is 10.0 Å². The van der Waals surface area contributed by atoms with Crippen molar-refractivity contribution in [2.45, 2.75) is 50.8 Å². The average Bonchev–Trinajstić information content (AvgIpc) is 2.79. The van der Waals surface area contributed by atoms with E-state index in [1.807, 2.05) is 0 Å². The quantitative estimate of drug-likeness (QED) is 0.888. The van der Waals surface area contributed by atoms with E-state index in [2.05, 4.69) is 12.2 Å². The van der Waals surface area contributed by atoms with Crippen molar-refractivity contribution >= 4 is 27.3 Å². The van der Waals surface area contributed by atoms with E-state index in [4.69, 9.17) is 5.14 Å². The van der Waals surface area contributed by atoms with Gasteiger partial charge in [0.25, 0.3) is 5.91 Å². The van der Waals surface area contributed by atoms with E-state index in [-0.39, 0.29) is 16.2 Å². The lowest BCUT2D eigenvalue weighted by Crippen LogP contribution is -2.36. The number of thiophene rings is 1. The maximum atomic E-state index is 12.2. The Bertz CT molecular complexity index is 629. The van der Waals surface area contributed by atoms with Gasteiger partial charge >= 0.3 is 0 Å². The van der Waals surface area contributed by atoms with E-state index in [1.165, 1.54) is 25.3 Å². The molecule has 0 spiro atoms. The number of hydrogen-bond acceptors (Lipinski definition) is 4. The van der Waals surface area contributed by atoms with Crippen LogP contribution in [0.5, 0.6) is 0 Å². The van der Waals surface area contributed by atoms with Gasteiger partial charge in [-0.2, -0.15) is 0 Å². The number of amides is 1. The Labute approximate surface area is 130 Å². The van der Waals surface area contributed by atoms with Gasteiger partial charge in [0.05, 0.1) is 9.77 Å². The highest BCUT2D eigenvalue weighted by Gasteiger charge is 2.28. The van der Waals surface area contributed by atoms with Crippen molar-refractivity contribution in [2.24, 2.45) is 10.6 Å². The largest absolute Gasteiger partial charge is 0.351 e. The Morgan fingerprint density at radius 2 is 2.00 bits per heavy atom. The van der Waals surface area contributed by atoms with Crippen LogP contribution in [0.2, 0.25) is 0 Å². The fourth-order valence-corrected chi connectivity index (χ4v) is 4.88. The van der Waals surface area contributed by atoms with E-state index in [9.17, 15) is 13.2 Å². The third kappa shape index (κ3) is 4.05. The average molecular weight is 330 g/mol. The molecule has 0 radical (unpaired) electrons. The molecule has 1 aliphatic rings. The first-order valence-electron chi connectivity index (χ1n) is 7.13. The van der Waals surface area contributed by atoms with Gasteiger partial charge in [-0.3, -0.25) is 4.79 Å². The number of rotatable bonds is 4. The predicted octanol–water partition coefficient (Wildman–Crippen LogP) is 2.40. The third-order valence-electron chi connectivity index (χ3n) is 4.14. The minimum Gasteiger partial charge on any atom is -0.351 e. The first kappa shape index (κ1) is 16.5. The van der Waals surface area contributed by atoms with Crippen molar-refractivity contribution in [1.82, 2.24) is 5.32 Å². The van der Waals surface area contributed by atoms with E-state index in [0.717, 1.165) is 24.2 Å². The molecule has 0 atom stereocenters. The Hall–Kier alpha value is -0.920. The Kier molecular flexibility index (Phi) is 4.75. The van der Waals surface area contributed by atoms with Crippen LogP contribution < -0.4 is 10.5 Å². The Morgan fingerprint density at radius 3 is 2.52 bits per heavy atom. The zero-order chi connectivity index (χ0) is 15.7. The summed E-state index contributed by atoms with van der Waals surface area (Å²) in [5, 5.41) is 8.07. The molecule has 21 heavy (non-hydrogen) atoms. The van der Waals surface area contributed by atoms with Crippen LogP contribution in [-0.4, -0.2) is 20.9 Å². The van der Waals surface area contributed by atoms with Gasteiger partial charge in [0, 0.05) is 11.4 Å². The second-order valence-electron chi connectivity index (χ2n) is 6.13. The molecule has 1 amide bonds. The van der Waals surface area contributed by atoms with E-state index in [0.29, 0.717) is 16.3 Å². The molecular formula is C14H22N2O3S2. The number of aryl methyl sites for hydroxylation is 1. The van der Waals surface area contributed by atoms with E-state index in [1.54, 1.807) is 6.92 Å². The van der Waals surface area contributed by atoms with Crippen LogP contribution in [-0.2, 0) is 10.0 Å². The maximum Gasteiger partial charge on any atom is 0.261 e. The number of carbonyl (C=O) groups is 1. The first-order chi connectivity index (χ1) is 9.71. The van der Waals surface area contributed by atoms with Crippen LogP contribution in [0.25, 0.3) is 0 Å². The standard InChI is InChI=1S/C14H22N2O3S2/c1-10-12(21(15,18)19)8-11(20-10)13(17)16-9-14(2)6-4-3-5-7-14/h8H,3-7,9H2,1-2H3,(H,16,17)(H2,15,18,19). The molecule has 0 aromatic carbocycles. The van der Waals surface area contributed by atoms with E-state index >= 15 is 0 Å². The van der Waals surface area contributed by atoms with Crippen molar-refractivity contribution in [3.63, 3.8) is 0 Å². The number of sulfonamides is 1. The minimum atomic E-state index is -3.76. The number of hydrogen-bond donors (Lipinski definition) is 2. The van der Waals surface area contributed by atoms with Gasteiger partial charge in [0.15, 0.2) is 0 Å². The molecule has 0 saturated heterocycles. The molecule has 1 aromatic rings. The highest BCUT2D eigenvalue weighted by molar-refractivity contribution is 7.89. The summed E-state index contributed by atoms with van der Waals surface area (Å²) in [5.74, 6) is -0.218. The van der Waals surface area contributed by atoms with Crippen molar-refractivity contribution in [3.05, 3.63) is 15.8 Å². The lowest BCUT2D eigenvalue weighted by atomic mass is 9.76. The number of carbonyl (C=O) groups excluding carboxylic acids is 1. The second kappa shape index (κ2) is 6.06. The fourth-order valence-electron chi connectivity index (χ4n) is 2.82. The molecule has 7 heteroatoms. The molecule has 0 aliphatic heterocycles. The molecule has 3 N–H and O–H groups in total. The highest BCUT2D eigenvalue weighted by atomic mass is 32.2. The summed E-state index contributed by atoms with van der Waals surface area (Å²) in [6.07, 6.45) is 5.93. The molecule has 1 aromatic heterocycles. The van der Waals surface area contributed by atoms with Crippen molar-refractivity contribution < 1.29 is 13.2 Å². The van der Waals surface area contributed by atoms with Crippen LogP contribution in [0.4, 0.5) is 0 Å². The zero-order valence-corrected chi connectivity index (χ0v) is 14.1. The Morgan fingerprint density at radius 1 is 1.38 bits per heavy atom.